The average molecular weight is 424 g/mol. The third-order valence-corrected chi connectivity index (χ3v) is 8.77. The Hall–Kier alpha value is -1.54. The number of carbonyl (C=O) groups excluding carboxylic acids is 1. The highest BCUT2D eigenvalue weighted by Gasteiger charge is 2.49. The van der Waals surface area contributed by atoms with Gasteiger partial charge in [-0.3, -0.25) is 4.79 Å². The molecule has 0 aromatic heterocycles. The van der Waals surface area contributed by atoms with Crippen molar-refractivity contribution >= 4 is 44.0 Å². The molecule has 6 nitrogen and oxygen atoms in total. The van der Waals surface area contributed by atoms with Crippen LogP contribution in [0.5, 0.6) is 0 Å². The molecule has 0 N–H and O–H groups in total. The molecule has 2 saturated heterocycles. The lowest BCUT2D eigenvalue weighted by Gasteiger charge is -2.26. The van der Waals surface area contributed by atoms with E-state index in [1.165, 1.54) is 11.8 Å². The number of nitrogens with zero attached hydrogens (tertiary/aromatic N) is 3. The zero-order valence-electron chi connectivity index (χ0n) is 17.0. The Kier molecular flexibility index (Phi) is 6.39. The van der Waals surface area contributed by atoms with Crippen LogP contribution in [0.2, 0.25) is 0 Å². The van der Waals surface area contributed by atoms with Gasteiger partial charge < -0.3 is 9.80 Å². The first-order valence-electron chi connectivity index (χ1n) is 9.93. The number of benzene rings is 1. The van der Waals surface area contributed by atoms with Gasteiger partial charge >= 0.3 is 0 Å². The summed E-state index contributed by atoms with van der Waals surface area (Å²) in [6.07, 6.45) is 0.736. The number of rotatable bonds is 6. The van der Waals surface area contributed by atoms with Crippen molar-refractivity contribution in [1.29, 1.82) is 0 Å². The highest BCUT2D eigenvalue weighted by Crippen LogP contribution is 2.41. The van der Waals surface area contributed by atoms with Crippen molar-refractivity contribution in [2.75, 3.05) is 34.4 Å². The molecule has 2 aliphatic rings. The molecule has 8 heteroatoms. The second-order valence-corrected chi connectivity index (χ2v) is 10.8. The van der Waals surface area contributed by atoms with E-state index < -0.39 is 9.84 Å². The minimum absolute atomic E-state index is 0.0732. The van der Waals surface area contributed by atoms with Crippen molar-refractivity contribution in [3.63, 3.8) is 0 Å². The molecule has 154 valence electrons. The smallest absolute Gasteiger partial charge is 0.250 e. The number of hydrogen-bond donors (Lipinski definition) is 0. The molecule has 0 radical (unpaired) electrons. The van der Waals surface area contributed by atoms with Crippen molar-refractivity contribution in [3.8, 4) is 0 Å². The molecule has 2 aliphatic heterocycles. The standard InChI is InChI=1S/C20H29N3O3S2/c1-5-14(4)19(24)21-20-23(17-12-28(25,26)13-18(17)27-20)16-10-8-15(9-11-16)22(6-2)7-3/h8-11,14,17-18H,5-7,12-13H2,1-4H3/t14-,17-,18+/m1/s1. The Morgan fingerprint density at radius 3 is 2.43 bits per heavy atom. The molecule has 2 fully saturated rings. The zero-order chi connectivity index (χ0) is 20.5. The number of aliphatic imine (C=N–C) groups is 1. The fraction of sp³-hybridized carbons (Fsp3) is 0.600. The van der Waals surface area contributed by atoms with E-state index in [1.807, 2.05) is 30.9 Å². The van der Waals surface area contributed by atoms with Gasteiger partial charge in [0, 0.05) is 35.6 Å². The highest BCUT2D eigenvalue weighted by atomic mass is 32.2. The molecular weight excluding hydrogens is 394 g/mol. The van der Waals surface area contributed by atoms with E-state index in [0.29, 0.717) is 5.17 Å². The second-order valence-electron chi connectivity index (χ2n) is 7.40. The molecule has 3 atom stereocenters. The molecule has 0 saturated carbocycles. The molecule has 28 heavy (non-hydrogen) atoms. The highest BCUT2D eigenvalue weighted by molar-refractivity contribution is 8.16. The van der Waals surface area contributed by atoms with E-state index in [-0.39, 0.29) is 34.6 Å². The molecule has 2 heterocycles. The van der Waals surface area contributed by atoms with Crippen molar-refractivity contribution in [1.82, 2.24) is 0 Å². The molecule has 3 rings (SSSR count). The van der Waals surface area contributed by atoms with E-state index >= 15 is 0 Å². The van der Waals surface area contributed by atoms with Crippen LogP contribution in [-0.2, 0) is 14.6 Å². The van der Waals surface area contributed by atoms with Crippen LogP contribution in [0.4, 0.5) is 11.4 Å². The zero-order valence-corrected chi connectivity index (χ0v) is 18.6. The van der Waals surface area contributed by atoms with Gasteiger partial charge in [-0.05, 0) is 44.5 Å². The van der Waals surface area contributed by atoms with Crippen LogP contribution in [0.1, 0.15) is 34.1 Å². The number of amidine groups is 1. The van der Waals surface area contributed by atoms with Crippen molar-refractivity contribution in [2.24, 2.45) is 10.9 Å². The Labute approximate surface area is 172 Å². The predicted molar refractivity (Wildman–Crippen MR) is 118 cm³/mol. The maximum atomic E-state index is 12.4. The maximum Gasteiger partial charge on any atom is 0.250 e. The summed E-state index contributed by atoms with van der Waals surface area (Å²) >= 11 is 1.43. The topological polar surface area (TPSA) is 70.0 Å². The Morgan fingerprint density at radius 2 is 1.86 bits per heavy atom. The van der Waals surface area contributed by atoms with Gasteiger partial charge in [0.05, 0.1) is 17.5 Å². The molecular formula is C20H29N3O3S2. The fourth-order valence-corrected chi connectivity index (χ4v) is 7.58. The minimum Gasteiger partial charge on any atom is -0.372 e. The third kappa shape index (κ3) is 4.22. The van der Waals surface area contributed by atoms with Gasteiger partial charge in [-0.15, -0.1) is 0 Å². The first-order valence-corrected chi connectivity index (χ1v) is 12.6. The molecule has 0 bridgehead atoms. The van der Waals surface area contributed by atoms with Gasteiger partial charge in [-0.2, -0.15) is 4.99 Å². The van der Waals surface area contributed by atoms with E-state index in [2.05, 4.69) is 35.9 Å². The number of amides is 1. The lowest BCUT2D eigenvalue weighted by molar-refractivity contribution is -0.121. The molecule has 0 spiro atoms. The van der Waals surface area contributed by atoms with E-state index in [0.717, 1.165) is 30.9 Å². The van der Waals surface area contributed by atoms with Crippen LogP contribution in [0, 0.1) is 5.92 Å². The SMILES string of the molecule is CC[C@@H](C)C(=O)N=C1S[C@H]2CS(=O)(=O)C[C@H]2N1c1ccc(N(CC)CC)cc1. The van der Waals surface area contributed by atoms with Gasteiger partial charge in [0.25, 0.3) is 5.91 Å². The van der Waals surface area contributed by atoms with Gasteiger partial charge in [-0.1, -0.05) is 25.6 Å². The Balaban J connectivity index is 1.95. The largest absolute Gasteiger partial charge is 0.372 e. The van der Waals surface area contributed by atoms with Crippen molar-refractivity contribution in [3.05, 3.63) is 24.3 Å². The summed E-state index contributed by atoms with van der Waals surface area (Å²) in [5.74, 6) is -0.0203. The van der Waals surface area contributed by atoms with Gasteiger partial charge in [-0.25, -0.2) is 8.42 Å². The average Bonchev–Trinajstić information content (AvgIpc) is 3.13. The van der Waals surface area contributed by atoms with Crippen LogP contribution in [0.15, 0.2) is 29.3 Å². The summed E-state index contributed by atoms with van der Waals surface area (Å²) in [7, 11) is -3.06. The van der Waals surface area contributed by atoms with Gasteiger partial charge in [0.2, 0.25) is 0 Å². The quantitative estimate of drug-likeness (QED) is 0.700. The Bertz CT molecular complexity index is 848. The van der Waals surface area contributed by atoms with E-state index in [4.69, 9.17) is 0 Å². The maximum absolute atomic E-state index is 12.4. The monoisotopic (exact) mass is 423 g/mol. The van der Waals surface area contributed by atoms with Crippen LogP contribution >= 0.6 is 11.8 Å². The summed E-state index contributed by atoms with van der Waals surface area (Å²) in [6.45, 7) is 9.93. The van der Waals surface area contributed by atoms with Crippen LogP contribution in [0.25, 0.3) is 0 Å². The van der Waals surface area contributed by atoms with Crippen molar-refractivity contribution < 1.29 is 13.2 Å². The molecule has 0 aliphatic carbocycles. The third-order valence-electron chi connectivity index (χ3n) is 5.56. The molecule has 1 aromatic carbocycles. The van der Waals surface area contributed by atoms with Gasteiger partial charge in [0.15, 0.2) is 15.0 Å². The lowest BCUT2D eigenvalue weighted by atomic mass is 10.1. The first-order chi connectivity index (χ1) is 13.3. The van der Waals surface area contributed by atoms with E-state index in [9.17, 15) is 13.2 Å². The fourth-order valence-electron chi connectivity index (χ4n) is 3.66. The summed E-state index contributed by atoms with van der Waals surface area (Å²) in [5, 5.41) is 0.557. The summed E-state index contributed by atoms with van der Waals surface area (Å²) < 4.78 is 24.3. The number of thioether (sulfide) groups is 1. The second kappa shape index (κ2) is 8.45. The lowest BCUT2D eigenvalue weighted by Crippen LogP contribution is -2.38. The molecule has 1 aromatic rings. The van der Waals surface area contributed by atoms with Crippen LogP contribution < -0.4 is 9.80 Å². The predicted octanol–water partition coefficient (Wildman–Crippen LogP) is 3.18. The number of anilines is 2. The molecule has 1 amide bonds. The van der Waals surface area contributed by atoms with Crippen LogP contribution in [0.3, 0.4) is 0 Å². The summed E-state index contributed by atoms with van der Waals surface area (Å²) in [4.78, 5) is 21.0. The normalized spacial score (nSPS) is 25.7. The van der Waals surface area contributed by atoms with E-state index in [1.54, 1.807) is 0 Å². The number of carbonyl (C=O) groups is 1. The first kappa shape index (κ1) is 21.2. The minimum atomic E-state index is -3.06. The number of hydrogen-bond acceptors (Lipinski definition) is 5. The summed E-state index contributed by atoms with van der Waals surface area (Å²) in [6, 6.07) is 7.95. The van der Waals surface area contributed by atoms with Crippen LogP contribution in [-0.4, -0.2) is 55.4 Å². The van der Waals surface area contributed by atoms with Gasteiger partial charge in [0.1, 0.15) is 0 Å². The summed E-state index contributed by atoms with van der Waals surface area (Å²) in [5.41, 5.74) is 2.02. The van der Waals surface area contributed by atoms with Crippen molar-refractivity contribution in [2.45, 2.75) is 45.4 Å². The number of sulfone groups is 1. The molecule has 0 unspecified atom stereocenters. The number of fused-ring (bicyclic) bond motifs is 1. The Morgan fingerprint density at radius 1 is 1.21 bits per heavy atom.